The molecule has 0 heterocycles. The molecule has 1 aromatic carbocycles. The number of aliphatic hydroxyl groups excluding tert-OH is 1. The topological polar surface area (TPSA) is 66.4 Å². The first-order valence-corrected chi connectivity index (χ1v) is 8.23. The van der Waals surface area contributed by atoms with Gasteiger partial charge < -0.3 is 5.11 Å². The number of sulfonamides is 1. The van der Waals surface area contributed by atoms with E-state index >= 15 is 0 Å². The van der Waals surface area contributed by atoms with Gasteiger partial charge in [0, 0.05) is 10.5 Å². The highest BCUT2D eigenvalue weighted by Gasteiger charge is 2.32. The first-order chi connectivity index (χ1) is 9.46. The van der Waals surface area contributed by atoms with Gasteiger partial charge in [0.25, 0.3) is 0 Å². The van der Waals surface area contributed by atoms with Gasteiger partial charge >= 0.3 is 6.18 Å². The van der Waals surface area contributed by atoms with E-state index in [0.29, 0.717) is 15.6 Å². The standard InChI is InChI=1S/C12H15BrF3NO3S/c1-7(5-12(14,15)16)17-21(19,20)11-4-9(6-18)3-10(13)8(11)2/h3-4,7,17-18H,5-6H2,1-2H3. The second-order valence-electron chi connectivity index (χ2n) is 4.70. The summed E-state index contributed by atoms with van der Waals surface area (Å²) in [7, 11) is -4.11. The lowest BCUT2D eigenvalue weighted by Crippen LogP contribution is -2.36. The van der Waals surface area contributed by atoms with Crippen LogP contribution in [0.4, 0.5) is 13.2 Å². The van der Waals surface area contributed by atoms with Crippen molar-refractivity contribution < 1.29 is 26.7 Å². The minimum Gasteiger partial charge on any atom is -0.392 e. The molecule has 0 aromatic heterocycles. The molecule has 4 nitrogen and oxygen atoms in total. The van der Waals surface area contributed by atoms with Gasteiger partial charge in [-0.15, -0.1) is 0 Å². The summed E-state index contributed by atoms with van der Waals surface area (Å²) in [5.41, 5.74) is 0.704. The summed E-state index contributed by atoms with van der Waals surface area (Å²) in [6, 6.07) is 1.50. The van der Waals surface area contributed by atoms with Crippen LogP contribution in [0.3, 0.4) is 0 Å². The molecule has 1 atom stereocenters. The van der Waals surface area contributed by atoms with Gasteiger partial charge in [-0.1, -0.05) is 15.9 Å². The summed E-state index contributed by atoms with van der Waals surface area (Å²) in [6.07, 6.45) is -5.71. The smallest absolute Gasteiger partial charge is 0.390 e. The van der Waals surface area contributed by atoms with Gasteiger partial charge in [0.2, 0.25) is 10.0 Å². The molecule has 1 aromatic rings. The van der Waals surface area contributed by atoms with E-state index in [9.17, 15) is 21.6 Å². The van der Waals surface area contributed by atoms with Crippen LogP contribution in [0.15, 0.2) is 21.5 Å². The molecule has 120 valence electrons. The van der Waals surface area contributed by atoms with Crippen LogP contribution in [-0.2, 0) is 16.6 Å². The summed E-state index contributed by atoms with van der Waals surface area (Å²) < 4.78 is 63.6. The SMILES string of the molecule is Cc1c(Br)cc(CO)cc1S(=O)(=O)NC(C)CC(F)(F)F. The maximum absolute atomic E-state index is 12.3. The van der Waals surface area contributed by atoms with E-state index in [1.807, 2.05) is 4.72 Å². The van der Waals surface area contributed by atoms with Crippen LogP contribution in [0, 0.1) is 6.92 Å². The fourth-order valence-corrected chi connectivity index (χ4v) is 3.99. The van der Waals surface area contributed by atoms with Gasteiger partial charge in [-0.25, -0.2) is 13.1 Å². The lowest BCUT2D eigenvalue weighted by Gasteiger charge is -2.18. The van der Waals surface area contributed by atoms with E-state index < -0.39 is 28.7 Å². The Bertz CT molecular complexity index is 617. The first-order valence-electron chi connectivity index (χ1n) is 5.95. The van der Waals surface area contributed by atoms with Crippen molar-refractivity contribution >= 4 is 26.0 Å². The molecule has 0 radical (unpaired) electrons. The van der Waals surface area contributed by atoms with Crippen LogP contribution in [0.5, 0.6) is 0 Å². The molecule has 1 unspecified atom stereocenters. The summed E-state index contributed by atoms with van der Waals surface area (Å²) in [4.78, 5) is -0.157. The van der Waals surface area contributed by atoms with Crippen molar-refractivity contribution in [2.45, 2.75) is 44.0 Å². The Hall–Kier alpha value is -0.640. The fraction of sp³-hybridized carbons (Fsp3) is 0.500. The Morgan fingerprint density at radius 2 is 1.95 bits per heavy atom. The van der Waals surface area contributed by atoms with Crippen LogP contribution in [-0.4, -0.2) is 25.7 Å². The summed E-state index contributed by atoms with van der Waals surface area (Å²) in [5, 5.41) is 9.09. The minimum atomic E-state index is -4.45. The predicted molar refractivity (Wildman–Crippen MR) is 75.3 cm³/mol. The highest BCUT2D eigenvalue weighted by atomic mass is 79.9. The number of halogens is 4. The van der Waals surface area contributed by atoms with E-state index in [-0.39, 0.29) is 11.5 Å². The molecular formula is C12H15BrF3NO3S. The molecule has 0 bridgehead atoms. The molecule has 0 saturated heterocycles. The number of hydrogen-bond donors (Lipinski definition) is 2. The largest absolute Gasteiger partial charge is 0.392 e. The number of rotatable bonds is 5. The molecule has 0 aliphatic heterocycles. The summed E-state index contributed by atoms with van der Waals surface area (Å²) in [5.74, 6) is 0. The Morgan fingerprint density at radius 1 is 1.38 bits per heavy atom. The predicted octanol–water partition coefficient (Wildman–Crippen LogP) is 2.87. The molecular weight excluding hydrogens is 375 g/mol. The molecule has 0 amide bonds. The van der Waals surface area contributed by atoms with Crippen molar-refractivity contribution in [3.8, 4) is 0 Å². The highest BCUT2D eigenvalue weighted by molar-refractivity contribution is 9.10. The van der Waals surface area contributed by atoms with Crippen molar-refractivity contribution in [1.82, 2.24) is 4.72 Å². The number of alkyl halides is 3. The number of nitrogens with one attached hydrogen (secondary N) is 1. The lowest BCUT2D eigenvalue weighted by atomic mass is 10.2. The van der Waals surface area contributed by atoms with Crippen LogP contribution in [0.25, 0.3) is 0 Å². The van der Waals surface area contributed by atoms with Crippen molar-refractivity contribution in [3.05, 3.63) is 27.7 Å². The molecule has 0 fully saturated rings. The molecule has 21 heavy (non-hydrogen) atoms. The van der Waals surface area contributed by atoms with Gasteiger partial charge in [-0.05, 0) is 37.1 Å². The molecule has 0 aliphatic carbocycles. The molecule has 0 saturated carbocycles. The van der Waals surface area contributed by atoms with Crippen molar-refractivity contribution in [2.24, 2.45) is 0 Å². The zero-order valence-electron chi connectivity index (χ0n) is 11.3. The summed E-state index contributed by atoms with van der Waals surface area (Å²) in [6.45, 7) is 2.29. The van der Waals surface area contributed by atoms with Gasteiger partial charge in [0.15, 0.2) is 0 Å². The van der Waals surface area contributed by atoms with Crippen molar-refractivity contribution in [2.75, 3.05) is 0 Å². The molecule has 1 rings (SSSR count). The van der Waals surface area contributed by atoms with Gasteiger partial charge in [-0.3, -0.25) is 0 Å². The van der Waals surface area contributed by atoms with Gasteiger partial charge in [0.05, 0.1) is 17.9 Å². The van der Waals surface area contributed by atoms with Crippen LogP contribution in [0.1, 0.15) is 24.5 Å². The first kappa shape index (κ1) is 18.4. The minimum absolute atomic E-state index is 0.157. The Labute approximate surface area is 129 Å². The molecule has 0 spiro atoms. The van der Waals surface area contributed by atoms with Crippen molar-refractivity contribution in [3.63, 3.8) is 0 Å². The zero-order valence-corrected chi connectivity index (χ0v) is 13.7. The zero-order chi connectivity index (χ0) is 16.4. The Morgan fingerprint density at radius 3 is 2.43 bits per heavy atom. The number of aliphatic hydroxyl groups is 1. The second-order valence-corrected chi connectivity index (χ2v) is 7.24. The van der Waals surface area contributed by atoms with Crippen LogP contribution >= 0.6 is 15.9 Å². The Kier molecular flexibility index (Phi) is 5.82. The quantitative estimate of drug-likeness (QED) is 0.813. The van der Waals surface area contributed by atoms with E-state index in [1.165, 1.54) is 13.0 Å². The number of benzene rings is 1. The highest BCUT2D eigenvalue weighted by Crippen LogP contribution is 2.27. The second kappa shape index (κ2) is 6.64. The molecule has 0 aliphatic rings. The maximum Gasteiger partial charge on any atom is 0.390 e. The molecule has 9 heteroatoms. The van der Waals surface area contributed by atoms with E-state index in [1.54, 1.807) is 6.07 Å². The van der Waals surface area contributed by atoms with E-state index in [2.05, 4.69) is 15.9 Å². The fourth-order valence-electron chi connectivity index (χ4n) is 1.79. The van der Waals surface area contributed by atoms with Crippen molar-refractivity contribution in [1.29, 1.82) is 0 Å². The third-order valence-corrected chi connectivity index (χ3v) is 5.26. The third-order valence-electron chi connectivity index (χ3n) is 2.72. The normalized spacial score (nSPS) is 14.2. The van der Waals surface area contributed by atoms with Crippen LogP contribution < -0.4 is 4.72 Å². The summed E-state index contributed by atoms with van der Waals surface area (Å²) >= 11 is 3.16. The monoisotopic (exact) mass is 389 g/mol. The van der Waals surface area contributed by atoms with Gasteiger partial charge in [0.1, 0.15) is 0 Å². The molecule has 2 N–H and O–H groups in total. The third kappa shape index (κ3) is 5.24. The van der Waals surface area contributed by atoms with E-state index in [0.717, 1.165) is 6.92 Å². The lowest BCUT2D eigenvalue weighted by molar-refractivity contribution is -0.137. The average molecular weight is 390 g/mol. The Balaban J connectivity index is 3.11. The van der Waals surface area contributed by atoms with Crippen LogP contribution in [0.2, 0.25) is 0 Å². The maximum atomic E-state index is 12.3. The number of hydrogen-bond acceptors (Lipinski definition) is 3. The van der Waals surface area contributed by atoms with Gasteiger partial charge in [-0.2, -0.15) is 13.2 Å². The average Bonchev–Trinajstić information content (AvgIpc) is 2.28. The van der Waals surface area contributed by atoms with E-state index in [4.69, 9.17) is 5.11 Å².